The maximum atomic E-state index is 12.7. The molecule has 1 amide bonds. The van der Waals surface area contributed by atoms with Crippen LogP contribution in [0.3, 0.4) is 0 Å². The maximum Gasteiger partial charge on any atom is 0.227 e. The minimum Gasteiger partial charge on any atom is -0.380 e. The van der Waals surface area contributed by atoms with Gasteiger partial charge in [-0.3, -0.25) is 4.79 Å². The van der Waals surface area contributed by atoms with Crippen LogP contribution in [0.4, 0.5) is 0 Å². The second-order valence-corrected chi connectivity index (χ2v) is 6.06. The molecule has 120 valence electrons. The molecule has 2 aromatic carbocycles. The number of hydrogen-bond acceptors (Lipinski definition) is 2. The van der Waals surface area contributed by atoms with E-state index in [-0.39, 0.29) is 11.8 Å². The van der Waals surface area contributed by atoms with Crippen molar-refractivity contribution in [1.82, 2.24) is 5.32 Å². The first-order valence-corrected chi connectivity index (χ1v) is 8.21. The fraction of sp³-hybridized carbons (Fsp3) is 0.350. The summed E-state index contributed by atoms with van der Waals surface area (Å²) in [6.07, 6.45) is 3.09. The third kappa shape index (κ3) is 3.62. The van der Waals surface area contributed by atoms with E-state index in [2.05, 4.69) is 23.5 Å². The second-order valence-electron chi connectivity index (χ2n) is 6.06. The minimum absolute atomic E-state index is 0.0189. The van der Waals surface area contributed by atoms with Crippen molar-refractivity contribution in [3.05, 3.63) is 70.8 Å². The van der Waals surface area contributed by atoms with Gasteiger partial charge in [0.2, 0.25) is 5.91 Å². The largest absolute Gasteiger partial charge is 0.380 e. The van der Waals surface area contributed by atoms with Gasteiger partial charge < -0.3 is 10.1 Å². The number of carbonyl (C=O) groups is 1. The van der Waals surface area contributed by atoms with E-state index in [1.807, 2.05) is 30.3 Å². The van der Waals surface area contributed by atoms with E-state index in [1.165, 1.54) is 11.1 Å². The molecule has 1 unspecified atom stereocenters. The molecule has 0 radical (unpaired) electrons. The van der Waals surface area contributed by atoms with Crippen molar-refractivity contribution in [3.8, 4) is 0 Å². The lowest BCUT2D eigenvalue weighted by molar-refractivity contribution is -0.123. The van der Waals surface area contributed by atoms with Crippen molar-refractivity contribution in [3.63, 3.8) is 0 Å². The second kappa shape index (κ2) is 7.42. The number of nitrogens with one attached hydrogen (secondary N) is 1. The Hall–Kier alpha value is -2.13. The summed E-state index contributed by atoms with van der Waals surface area (Å²) >= 11 is 0. The molecule has 1 N–H and O–H groups in total. The minimum atomic E-state index is -0.0189. The number of fused-ring (bicyclic) bond motifs is 1. The van der Waals surface area contributed by atoms with Gasteiger partial charge in [0, 0.05) is 13.7 Å². The Labute approximate surface area is 137 Å². The number of carbonyl (C=O) groups excluding carboxylic acids is 1. The van der Waals surface area contributed by atoms with Gasteiger partial charge in [0.15, 0.2) is 0 Å². The number of benzene rings is 2. The highest BCUT2D eigenvalue weighted by atomic mass is 16.5. The van der Waals surface area contributed by atoms with E-state index in [4.69, 9.17) is 4.74 Å². The smallest absolute Gasteiger partial charge is 0.227 e. The van der Waals surface area contributed by atoms with Crippen LogP contribution in [-0.4, -0.2) is 13.0 Å². The molecule has 1 aliphatic carbocycles. The normalized spacial score (nSPS) is 16.7. The molecular formula is C20H23NO2. The Balaban J connectivity index is 1.69. The third-order valence-electron chi connectivity index (χ3n) is 4.56. The summed E-state index contributed by atoms with van der Waals surface area (Å²) in [5.74, 6) is 0.110. The lowest BCUT2D eigenvalue weighted by Gasteiger charge is -2.24. The van der Waals surface area contributed by atoms with Crippen LogP contribution in [0.2, 0.25) is 0 Å². The Morgan fingerprint density at radius 3 is 2.70 bits per heavy atom. The highest BCUT2D eigenvalue weighted by molar-refractivity contribution is 5.84. The Kier molecular flexibility index (Phi) is 5.09. The summed E-state index contributed by atoms with van der Waals surface area (Å²) < 4.78 is 5.23. The zero-order valence-electron chi connectivity index (χ0n) is 13.5. The van der Waals surface area contributed by atoms with Gasteiger partial charge in [-0.05, 0) is 41.5 Å². The molecule has 1 atom stereocenters. The van der Waals surface area contributed by atoms with E-state index in [0.717, 1.165) is 30.4 Å². The molecule has 0 saturated heterocycles. The van der Waals surface area contributed by atoms with Crippen LogP contribution in [0.5, 0.6) is 0 Å². The van der Waals surface area contributed by atoms with Gasteiger partial charge in [-0.1, -0.05) is 48.5 Å². The molecule has 3 rings (SSSR count). The van der Waals surface area contributed by atoms with Crippen LogP contribution in [-0.2, 0) is 29.1 Å². The molecule has 0 aromatic heterocycles. The van der Waals surface area contributed by atoms with Gasteiger partial charge in [-0.2, -0.15) is 0 Å². The predicted molar refractivity (Wildman–Crippen MR) is 91.1 cm³/mol. The van der Waals surface area contributed by atoms with Crippen molar-refractivity contribution in [2.45, 2.75) is 38.3 Å². The lowest BCUT2D eigenvalue weighted by atomic mass is 9.82. The Morgan fingerprint density at radius 1 is 1.13 bits per heavy atom. The van der Waals surface area contributed by atoms with Crippen molar-refractivity contribution < 1.29 is 9.53 Å². The van der Waals surface area contributed by atoms with Gasteiger partial charge in [-0.25, -0.2) is 0 Å². The van der Waals surface area contributed by atoms with Gasteiger partial charge in [0.05, 0.1) is 12.5 Å². The Bertz CT molecular complexity index is 681. The summed E-state index contributed by atoms with van der Waals surface area (Å²) in [6, 6.07) is 16.4. The Morgan fingerprint density at radius 2 is 1.87 bits per heavy atom. The molecule has 2 aromatic rings. The number of hydrogen-bond donors (Lipinski definition) is 1. The number of ether oxygens (including phenoxy) is 1. The SMILES string of the molecule is COCc1ccccc1CNC(=O)C1CCCc2ccccc21. The van der Waals surface area contributed by atoms with Crippen LogP contribution in [0.25, 0.3) is 0 Å². The van der Waals surface area contributed by atoms with E-state index in [1.54, 1.807) is 7.11 Å². The van der Waals surface area contributed by atoms with Crippen molar-refractivity contribution >= 4 is 5.91 Å². The highest BCUT2D eigenvalue weighted by Crippen LogP contribution is 2.31. The van der Waals surface area contributed by atoms with Gasteiger partial charge in [-0.15, -0.1) is 0 Å². The van der Waals surface area contributed by atoms with Crippen LogP contribution >= 0.6 is 0 Å². The molecule has 0 saturated carbocycles. The third-order valence-corrected chi connectivity index (χ3v) is 4.56. The standard InChI is InChI=1S/C20H23NO2/c1-23-14-17-9-3-2-8-16(17)13-21-20(22)19-12-6-10-15-7-4-5-11-18(15)19/h2-5,7-9,11,19H,6,10,12-14H2,1H3,(H,21,22). The van der Waals surface area contributed by atoms with Crippen molar-refractivity contribution in [1.29, 1.82) is 0 Å². The first kappa shape index (κ1) is 15.8. The molecule has 0 fully saturated rings. The fourth-order valence-electron chi connectivity index (χ4n) is 3.36. The average molecular weight is 309 g/mol. The first-order valence-electron chi connectivity index (χ1n) is 8.21. The highest BCUT2D eigenvalue weighted by Gasteiger charge is 2.25. The quantitative estimate of drug-likeness (QED) is 0.917. The summed E-state index contributed by atoms with van der Waals surface area (Å²) in [6.45, 7) is 1.12. The molecule has 0 aliphatic heterocycles. The van der Waals surface area contributed by atoms with Crippen molar-refractivity contribution in [2.24, 2.45) is 0 Å². The van der Waals surface area contributed by atoms with Crippen LogP contribution in [0.1, 0.15) is 41.0 Å². The molecule has 3 nitrogen and oxygen atoms in total. The first-order chi connectivity index (χ1) is 11.3. The van der Waals surface area contributed by atoms with E-state index in [0.29, 0.717) is 13.2 Å². The zero-order chi connectivity index (χ0) is 16.1. The average Bonchev–Trinajstić information content (AvgIpc) is 2.60. The molecule has 0 heterocycles. The fourth-order valence-corrected chi connectivity index (χ4v) is 3.36. The molecule has 1 aliphatic rings. The molecular weight excluding hydrogens is 286 g/mol. The van der Waals surface area contributed by atoms with E-state index < -0.39 is 0 Å². The van der Waals surface area contributed by atoms with Crippen molar-refractivity contribution in [2.75, 3.05) is 7.11 Å². The summed E-state index contributed by atoms with van der Waals surface area (Å²) in [7, 11) is 1.69. The molecule has 3 heteroatoms. The van der Waals surface area contributed by atoms with Crippen LogP contribution in [0.15, 0.2) is 48.5 Å². The zero-order valence-corrected chi connectivity index (χ0v) is 13.5. The number of aryl methyl sites for hydroxylation is 1. The molecule has 23 heavy (non-hydrogen) atoms. The predicted octanol–water partition coefficient (Wildman–Crippen LogP) is 3.57. The topological polar surface area (TPSA) is 38.3 Å². The number of methoxy groups -OCH3 is 1. The summed E-state index contributed by atoms with van der Waals surface area (Å²) in [5, 5.41) is 3.11. The summed E-state index contributed by atoms with van der Waals surface area (Å²) in [4.78, 5) is 12.7. The van der Waals surface area contributed by atoms with Gasteiger partial charge in [0.25, 0.3) is 0 Å². The van der Waals surface area contributed by atoms with Crippen LogP contribution in [0, 0.1) is 0 Å². The molecule has 0 spiro atoms. The lowest BCUT2D eigenvalue weighted by Crippen LogP contribution is -2.31. The monoisotopic (exact) mass is 309 g/mol. The van der Waals surface area contributed by atoms with Crippen LogP contribution < -0.4 is 5.32 Å². The molecule has 0 bridgehead atoms. The number of amides is 1. The van der Waals surface area contributed by atoms with E-state index in [9.17, 15) is 4.79 Å². The maximum absolute atomic E-state index is 12.7. The summed E-state index contributed by atoms with van der Waals surface area (Å²) in [5.41, 5.74) is 4.76. The van der Waals surface area contributed by atoms with E-state index >= 15 is 0 Å². The van der Waals surface area contributed by atoms with Gasteiger partial charge >= 0.3 is 0 Å². The van der Waals surface area contributed by atoms with Gasteiger partial charge in [0.1, 0.15) is 0 Å². The number of rotatable bonds is 5.